The minimum Gasteiger partial charge on any atom is -0.493 e. The molecule has 0 atom stereocenters. The van der Waals surface area contributed by atoms with Crippen LogP contribution in [-0.2, 0) is 0 Å². The molecule has 0 unspecified atom stereocenters. The van der Waals surface area contributed by atoms with Crippen molar-refractivity contribution in [3.63, 3.8) is 0 Å². The largest absolute Gasteiger partial charge is 0.493 e. The van der Waals surface area contributed by atoms with Gasteiger partial charge in [-0.15, -0.1) is 0 Å². The molecule has 2 aromatic carbocycles. The Balaban J connectivity index is 1.35. The number of nitrogens with zero attached hydrogens (tertiary/aromatic N) is 1. The highest BCUT2D eigenvalue weighted by atomic mass is 35.5. The van der Waals surface area contributed by atoms with Crippen molar-refractivity contribution >= 4 is 11.6 Å². The number of benzene rings is 2. The van der Waals surface area contributed by atoms with Crippen molar-refractivity contribution in [2.75, 3.05) is 6.61 Å². The van der Waals surface area contributed by atoms with Crippen LogP contribution in [0.3, 0.4) is 0 Å². The number of aromatic nitrogens is 1. The van der Waals surface area contributed by atoms with Crippen LogP contribution in [0.1, 0.15) is 55.3 Å². The van der Waals surface area contributed by atoms with Crippen molar-refractivity contribution in [2.24, 2.45) is 0 Å². The zero-order valence-electron chi connectivity index (χ0n) is 18.0. The quantitative estimate of drug-likeness (QED) is 0.394. The lowest BCUT2D eigenvalue weighted by Gasteiger charge is -2.21. The standard InChI is InChI=1S/C28H27ClNO/c1-21-19-23(8-16-28(21)31-18-17-22-5-3-2-4-6-22)7-14-27-15-11-25(20-30-27)24-9-12-26(29)13-10-24/h8-13,15-16,19-20H,2-6,17-18H2,1H3. The van der Waals surface area contributed by atoms with Gasteiger partial charge in [0.05, 0.1) is 6.61 Å². The van der Waals surface area contributed by atoms with Crippen LogP contribution in [0, 0.1) is 24.7 Å². The van der Waals surface area contributed by atoms with Gasteiger partial charge in [0.2, 0.25) is 0 Å². The van der Waals surface area contributed by atoms with E-state index in [1.165, 1.54) is 32.1 Å². The lowest BCUT2D eigenvalue weighted by atomic mass is 9.87. The highest BCUT2D eigenvalue weighted by Gasteiger charge is 2.14. The van der Waals surface area contributed by atoms with E-state index in [0.29, 0.717) is 0 Å². The second-order valence-corrected chi connectivity index (χ2v) is 8.51. The second-order valence-electron chi connectivity index (χ2n) is 8.08. The third-order valence-corrected chi connectivity index (χ3v) is 5.98. The smallest absolute Gasteiger partial charge is 0.122 e. The third-order valence-electron chi connectivity index (χ3n) is 5.72. The van der Waals surface area contributed by atoms with Gasteiger partial charge in [0.1, 0.15) is 11.4 Å². The Bertz CT molecular complexity index is 1050. The van der Waals surface area contributed by atoms with Gasteiger partial charge in [-0.3, -0.25) is 0 Å². The first-order valence-corrected chi connectivity index (χ1v) is 11.4. The summed E-state index contributed by atoms with van der Waals surface area (Å²) >= 11 is 5.96. The van der Waals surface area contributed by atoms with Crippen molar-refractivity contribution in [3.8, 4) is 28.7 Å². The number of ether oxygens (including phenoxy) is 1. The Morgan fingerprint density at radius 2 is 1.68 bits per heavy atom. The monoisotopic (exact) mass is 428 g/mol. The predicted molar refractivity (Wildman–Crippen MR) is 128 cm³/mol. The molecule has 1 aliphatic carbocycles. The Kier molecular flexibility index (Phi) is 7.28. The summed E-state index contributed by atoms with van der Waals surface area (Å²) < 4.78 is 6.03. The molecule has 0 aliphatic heterocycles. The summed E-state index contributed by atoms with van der Waals surface area (Å²) in [5.74, 6) is 8.99. The van der Waals surface area contributed by atoms with E-state index in [9.17, 15) is 0 Å². The maximum atomic E-state index is 6.03. The zero-order chi connectivity index (χ0) is 21.5. The highest BCUT2D eigenvalue weighted by molar-refractivity contribution is 6.30. The van der Waals surface area contributed by atoms with E-state index in [2.05, 4.69) is 29.8 Å². The maximum Gasteiger partial charge on any atom is 0.122 e. The molecule has 1 heterocycles. The molecule has 31 heavy (non-hydrogen) atoms. The van der Waals surface area contributed by atoms with E-state index in [4.69, 9.17) is 16.3 Å². The number of hydrogen-bond donors (Lipinski definition) is 0. The summed E-state index contributed by atoms with van der Waals surface area (Å²) in [5.41, 5.74) is 4.97. The molecule has 1 saturated carbocycles. The molecular formula is C28H27ClNO. The Hall–Kier alpha value is -2.76. The van der Waals surface area contributed by atoms with E-state index >= 15 is 0 Å². The molecule has 0 amide bonds. The van der Waals surface area contributed by atoms with Gasteiger partial charge < -0.3 is 4.74 Å². The van der Waals surface area contributed by atoms with Crippen LogP contribution in [0.15, 0.2) is 60.8 Å². The minimum atomic E-state index is 0.731. The summed E-state index contributed by atoms with van der Waals surface area (Å²) in [4.78, 5) is 4.48. The Morgan fingerprint density at radius 1 is 0.903 bits per heavy atom. The lowest BCUT2D eigenvalue weighted by molar-refractivity contribution is 0.302. The van der Waals surface area contributed by atoms with Gasteiger partial charge in [-0.2, -0.15) is 0 Å². The molecule has 1 aromatic heterocycles. The minimum absolute atomic E-state index is 0.731. The first-order valence-electron chi connectivity index (χ1n) is 11.0. The van der Waals surface area contributed by atoms with Gasteiger partial charge in [-0.1, -0.05) is 55.0 Å². The maximum absolute atomic E-state index is 6.03. The fourth-order valence-electron chi connectivity index (χ4n) is 3.91. The van der Waals surface area contributed by atoms with E-state index in [1.807, 2.05) is 54.7 Å². The summed E-state index contributed by atoms with van der Waals surface area (Å²) in [5, 5.41) is 0.731. The number of hydrogen-bond acceptors (Lipinski definition) is 2. The molecule has 0 spiro atoms. The zero-order valence-corrected chi connectivity index (χ0v) is 18.7. The number of rotatable bonds is 5. The van der Waals surface area contributed by atoms with Gasteiger partial charge in [0, 0.05) is 22.3 Å². The van der Waals surface area contributed by atoms with Gasteiger partial charge >= 0.3 is 0 Å². The highest BCUT2D eigenvalue weighted by Crippen LogP contribution is 2.29. The molecule has 1 radical (unpaired) electrons. The van der Waals surface area contributed by atoms with Crippen molar-refractivity contribution in [1.29, 1.82) is 0 Å². The van der Waals surface area contributed by atoms with Gasteiger partial charge in [0.25, 0.3) is 0 Å². The number of pyridine rings is 1. The Labute approximate surface area is 190 Å². The first-order chi connectivity index (χ1) is 15.2. The van der Waals surface area contributed by atoms with E-state index < -0.39 is 0 Å². The van der Waals surface area contributed by atoms with Crippen LogP contribution in [0.4, 0.5) is 0 Å². The lowest BCUT2D eigenvalue weighted by Crippen LogP contribution is -2.09. The van der Waals surface area contributed by atoms with Crippen LogP contribution < -0.4 is 4.74 Å². The SMILES string of the molecule is Cc1cc(C#Cc2ccc(-c3ccc(Cl)cc3)cn2)ccc1OCC[C]1CCCCC1. The summed E-state index contributed by atoms with van der Waals surface area (Å²) in [6.45, 7) is 2.85. The number of aryl methyl sites for hydroxylation is 1. The van der Waals surface area contributed by atoms with Crippen LogP contribution in [0.5, 0.6) is 5.75 Å². The molecule has 0 saturated heterocycles. The van der Waals surface area contributed by atoms with Gasteiger partial charge in [-0.25, -0.2) is 4.98 Å². The fraction of sp³-hybridized carbons (Fsp3) is 0.286. The van der Waals surface area contributed by atoms with Crippen molar-refractivity contribution < 1.29 is 4.74 Å². The van der Waals surface area contributed by atoms with Crippen molar-refractivity contribution in [1.82, 2.24) is 4.98 Å². The molecule has 1 fully saturated rings. The summed E-state index contributed by atoms with van der Waals surface area (Å²) in [6, 6.07) is 17.9. The fourth-order valence-corrected chi connectivity index (χ4v) is 4.04. The normalized spacial score (nSPS) is 14.0. The van der Waals surface area contributed by atoms with Crippen LogP contribution in [0.2, 0.25) is 5.02 Å². The molecule has 3 aromatic rings. The summed E-state index contributed by atoms with van der Waals surface area (Å²) in [6.07, 6.45) is 9.57. The van der Waals surface area contributed by atoms with E-state index in [-0.39, 0.29) is 0 Å². The number of halogens is 1. The second kappa shape index (κ2) is 10.5. The molecule has 2 nitrogen and oxygen atoms in total. The molecule has 157 valence electrons. The molecule has 1 aliphatic rings. The van der Waals surface area contributed by atoms with Crippen LogP contribution in [-0.4, -0.2) is 11.6 Å². The first kappa shape index (κ1) is 21.5. The predicted octanol–water partition coefficient (Wildman–Crippen LogP) is 7.42. The molecule has 3 heteroatoms. The third kappa shape index (κ3) is 6.12. The summed E-state index contributed by atoms with van der Waals surface area (Å²) in [7, 11) is 0. The molecule has 0 bridgehead atoms. The van der Waals surface area contributed by atoms with Crippen LogP contribution in [0.25, 0.3) is 11.1 Å². The Morgan fingerprint density at radius 3 is 2.39 bits per heavy atom. The topological polar surface area (TPSA) is 22.1 Å². The van der Waals surface area contributed by atoms with Gasteiger partial charge in [0.15, 0.2) is 0 Å². The van der Waals surface area contributed by atoms with Crippen LogP contribution >= 0.6 is 11.6 Å². The van der Waals surface area contributed by atoms with Crippen molar-refractivity contribution in [2.45, 2.75) is 45.4 Å². The average Bonchev–Trinajstić information content (AvgIpc) is 2.81. The van der Waals surface area contributed by atoms with Crippen molar-refractivity contribution in [3.05, 3.63) is 88.6 Å². The van der Waals surface area contributed by atoms with Gasteiger partial charge in [-0.05, 0) is 85.5 Å². The molecule has 4 rings (SSSR count). The average molecular weight is 429 g/mol. The molecule has 0 N–H and O–H groups in total. The van der Waals surface area contributed by atoms with E-state index in [1.54, 1.807) is 5.92 Å². The molecular weight excluding hydrogens is 402 g/mol. The van der Waals surface area contributed by atoms with E-state index in [0.717, 1.165) is 51.7 Å².